The molecule has 4 unspecified atom stereocenters. The number of ether oxygens (including phenoxy) is 3. The van der Waals surface area contributed by atoms with Gasteiger partial charge >= 0.3 is 0 Å². The highest BCUT2D eigenvalue weighted by Gasteiger charge is 2.50. The lowest BCUT2D eigenvalue weighted by molar-refractivity contribution is -0.207. The van der Waals surface area contributed by atoms with E-state index in [0.717, 1.165) is 23.1 Å². The Kier molecular flexibility index (Phi) is 9.64. The molecule has 4 rings (SSSR count). The van der Waals surface area contributed by atoms with Crippen LogP contribution in [0.4, 0.5) is 0 Å². The van der Waals surface area contributed by atoms with Gasteiger partial charge in [-0.05, 0) is 23.1 Å². The van der Waals surface area contributed by atoms with Gasteiger partial charge in [0.1, 0.15) is 12.2 Å². The fourth-order valence-corrected chi connectivity index (χ4v) is 4.66. The molecule has 4 atom stereocenters. The van der Waals surface area contributed by atoms with Crippen LogP contribution in [-0.4, -0.2) is 48.3 Å². The summed E-state index contributed by atoms with van der Waals surface area (Å²) in [5.41, 5.74) is 9.33. The summed E-state index contributed by atoms with van der Waals surface area (Å²) < 4.78 is 19.2. The van der Waals surface area contributed by atoms with E-state index in [0.29, 0.717) is 26.4 Å². The minimum Gasteiger partial charge on any atom is -0.369 e. The average molecular weight is 489 g/mol. The van der Waals surface area contributed by atoms with Crippen molar-refractivity contribution in [2.45, 2.75) is 57.5 Å². The number of hydrogen-bond donors (Lipinski definition) is 1. The number of hydrogen-bond acceptors (Lipinski definition) is 5. The van der Waals surface area contributed by atoms with Gasteiger partial charge in [-0.3, -0.25) is 4.79 Å². The molecule has 6 nitrogen and oxygen atoms in total. The maximum Gasteiger partial charge on any atom is 0.254 e. The minimum absolute atomic E-state index is 0.0964. The first-order valence-corrected chi connectivity index (χ1v) is 12.7. The predicted molar refractivity (Wildman–Crippen MR) is 140 cm³/mol. The zero-order chi connectivity index (χ0) is 25.2. The summed E-state index contributed by atoms with van der Waals surface area (Å²) in [5, 5.41) is 0. The number of amides is 1. The Balaban J connectivity index is 1.62. The molecule has 0 radical (unpaired) electrons. The highest BCUT2D eigenvalue weighted by Crippen LogP contribution is 2.29. The van der Waals surface area contributed by atoms with E-state index in [1.807, 2.05) is 95.9 Å². The normalized spacial score (nSPS) is 22.1. The third-order valence-corrected chi connectivity index (χ3v) is 6.48. The largest absolute Gasteiger partial charge is 0.369 e. The van der Waals surface area contributed by atoms with Gasteiger partial charge in [0, 0.05) is 13.1 Å². The van der Waals surface area contributed by atoms with Crippen molar-refractivity contribution in [1.29, 1.82) is 0 Å². The molecule has 3 aromatic rings. The summed E-state index contributed by atoms with van der Waals surface area (Å²) >= 11 is 0. The maximum absolute atomic E-state index is 13.8. The van der Waals surface area contributed by atoms with Crippen LogP contribution in [0.3, 0.4) is 0 Å². The number of nitrogens with two attached hydrogens (primary N) is 1. The Morgan fingerprint density at radius 1 is 0.694 bits per heavy atom. The fraction of sp³-hybridized carbons (Fsp3) is 0.367. The molecule has 0 aliphatic carbocycles. The van der Waals surface area contributed by atoms with Crippen molar-refractivity contribution in [2.24, 2.45) is 5.73 Å². The van der Waals surface area contributed by atoms with E-state index >= 15 is 0 Å². The Labute approximate surface area is 214 Å². The topological polar surface area (TPSA) is 74.0 Å². The van der Waals surface area contributed by atoms with Crippen LogP contribution in [-0.2, 0) is 38.8 Å². The molecule has 3 aromatic carbocycles. The number of rotatable bonds is 12. The summed E-state index contributed by atoms with van der Waals surface area (Å²) in [5.74, 6) is -0.0964. The van der Waals surface area contributed by atoms with Gasteiger partial charge < -0.3 is 24.8 Å². The van der Waals surface area contributed by atoms with Crippen molar-refractivity contribution < 1.29 is 19.0 Å². The van der Waals surface area contributed by atoms with Crippen LogP contribution in [0.15, 0.2) is 91.0 Å². The van der Waals surface area contributed by atoms with E-state index in [9.17, 15) is 4.79 Å². The average Bonchev–Trinajstić information content (AvgIpc) is 2.93. The van der Waals surface area contributed by atoms with Crippen molar-refractivity contribution in [2.75, 3.05) is 13.1 Å². The van der Waals surface area contributed by atoms with Gasteiger partial charge in [0.15, 0.2) is 6.10 Å². The third kappa shape index (κ3) is 6.59. The molecular weight excluding hydrogens is 452 g/mol. The zero-order valence-electron chi connectivity index (χ0n) is 20.9. The van der Waals surface area contributed by atoms with E-state index < -0.39 is 18.3 Å². The molecule has 0 saturated carbocycles. The summed E-state index contributed by atoms with van der Waals surface area (Å²) in [6.07, 6.45) is -1.03. The van der Waals surface area contributed by atoms with Gasteiger partial charge in [-0.25, -0.2) is 0 Å². The van der Waals surface area contributed by atoms with Gasteiger partial charge in [-0.15, -0.1) is 0 Å². The smallest absolute Gasteiger partial charge is 0.254 e. The molecule has 190 valence electrons. The molecule has 1 fully saturated rings. The van der Waals surface area contributed by atoms with Crippen LogP contribution < -0.4 is 5.73 Å². The van der Waals surface area contributed by atoms with Crippen molar-refractivity contribution in [1.82, 2.24) is 4.90 Å². The van der Waals surface area contributed by atoms with Crippen LogP contribution >= 0.6 is 0 Å². The minimum atomic E-state index is -0.802. The van der Waals surface area contributed by atoms with E-state index in [1.54, 1.807) is 0 Å². The number of nitrogens with zero attached hydrogens (tertiary/aromatic N) is 1. The highest BCUT2D eigenvalue weighted by atomic mass is 16.6. The molecule has 36 heavy (non-hydrogen) atoms. The Morgan fingerprint density at radius 2 is 1.14 bits per heavy atom. The predicted octanol–water partition coefficient (Wildman–Crippen LogP) is 4.32. The first-order chi connectivity index (χ1) is 17.7. The Bertz CT molecular complexity index is 1050. The van der Waals surface area contributed by atoms with Gasteiger partial charge in [-0.2, -0.15) is 0 Å². The zero-order valence-corrected chi connectivity index (χ0v) is 20.9. The van der Waals surface area contributed by atoms with E-state index in [4.69, 9.17) is 19.9 Å². The van der Waals surface area contributed by atoms with Gasteiger partial charge in [0.05, 0.1) is 25.9 Å². The highest BCUT2D eigenvalue weighted by molar-refractivity contribution is 5.83. The number of benzene rings is 3. The van der Waals surface area contributed by atoms with E-state index in [1.165, 1.54) is 0 Å². The lowest BCUT2D eigenvalue weighted by Gasteiger charge is -2.47. The standard InChI is InChI=1S/C30H36N2O4/c1-2-18-32-26(19-31)27(34-20-23-12-6-3-7-13-23)28(35-21-24-14-8-4-9-15-24)29(30(32)33)36-22-25-16-10-5-11-17-25/h3-17,26-29H,2,18-22,31H2,1H3. The Morgan fingerprint density at radius 3 is 1.58 bits per heavy atom. The lowest BCUT2D eigenvalue weighted by Crippen LogP contribution is -2.68. The van der Waals surface area contributed by atoms with Crippen molar-refractivity contribution in [3.05, 3.63) is 108 Å². The number of likely N-dealkylation sites (tertiary alicyclic amines) is 1. The fourth-order valence-electron chi connectivity index (χ4n) is 4.66. The quantitative estimate of drug-likeness (QED) is 0.411. The first-order valence-electron chi connectivity index (χ1n) is 12.7. The molecule has 1 aliphatic heterocycles. The second-order valence-corrected chi connectivity index (χ2v) is 9.07. The summed E-state index contributed by atoms with van der Waals surface area (Å²) in [7, 11) is 0. The molecule has 2 N–H and O–H groups in total. The molecular formula is C30H36N2O4. The van der Waals surface area contributed by atoms with Gasteiger partial charge in [0.25, 0.3) is 5.91 Å². The summed E-state index contributed by atoms with van der Waals surface area (Å²) in [6.45, 7) is 3.97. The summed E-state index contributed by atoms with van der Waals surface area (Å²) in [4.78, 5) is 15.6. The van der Waals surface area contributed by atoms with Crippen LogP contribution in [0.1, 0.15) is 30.0 Å². The molecule has 6 heteroatoms. The maximum atomic E-state index is 13.8. The van der Waals surface area contributed by atoms with Crippen molar-refractivity contribution in [3.63, 3.8) is 0 Å². The molecule has 1 aliphatic rings. The Hall–Kier alpha value is -3.03. The number of carbonyl (C=O) groups excluding carboxylic acids is 1. The van der Waals surface area contributed by atoms with Crippen LogP contribution in [0.2, 0.25) is 0 Å². The molecule has 0 aromatic heterocycles. The van der Waals surface area contributed by atoms with Gasteiger partial charge in [0.2, 0.25) is 0 Å². The molecule has 1 amide bonds. The van der Waals surface area contributed by atoms with Crippen LogP contribution in [0.25, 0.3) is 0 Å². The van der Waals surface area contributed by atoms with Gasteiger partial charge in [-0.1, -0.05) is 97.9 Å². The van der Waals surface area contributed by atoms with Crippen LogP contribution in [0.5, 0.6) is 0 Å². The SMILES string of the molecule is CCCN1C(=O)C(OCc2ccccc2)C(OCc2ccccc2)C(OCc2ccccc2)C1CN. The molecule has 0 spiro atoms. The summed E-state index contributed by atoms with van der Waals surface area (Å²) in [6, 6.07) is 29.5. The van der Waals surface area contributed by atoms with Crippen molar-refractivity contribution in [3.8, 4) is 0 Å². The van der Waals surface area contributed by atoms with E-state index in [2.05, 4.69) is 6.92 Å². The second kappa shape index (κ2) is 13.3. The number of carbonyl (C=O) groups is 1. The lowest BCUT2D eigenvalue weighted by atomic mass is 9.91. The van der Waals surface area contributed by atoms with Crippen molar-refractivity contribution >= 4 is 5.91 Å². The number of piperidine rings is 1. The molecule has 1 heterocycles. The molecule has 1 saturated heterocycles. The second-order valence-electron chi connectivity index (χ2n) is 9.07. The molecule has 0 bridgehead atoms. The first kappa shape index (κ1) is 26.0. The third-order valence-electron chi connectivity index (χ3n) is 6.48. The van der Waals surface area contributed by atoms with E-state index in [-0.39, 0.29) is 18.5 Å². The van der Waals surface area contributed by atoms with Crippen LogP contribution in [0, 0.1) is 0 Å². The monoisotopic (exact) mass is 488 g/mol.